The van der Waals surface area contributed by atoms with E-state index in [2.05, 4.69) is 9.97 Å². The molecule has 0 fully saturated rings. The van der Waals surface area contributed by atoms with Crippen LogP contribution in [0.1, 0.15) is 21.6 Å². The van der Waals surface area contributed by atoms with Crippen LogP contribution in [-0.4, -0.2) is 15.9 Å². The van der Waals surface area contributed by atoms with Gasteiger partial charge in [-0.3, -0.25) is 0 Å². The van der Waals surface area contributed by atoms with Crippen LogP contribution in [0.4, 0.5) is 0 Å². The number of hydrogen-bond acceptors (Lipinski definition) is 5. The zero-order valence-electron chi connectivity index (χ0n) is 9.71. The van der Waals surface area contributed by atoms with Gasteiger partial charge in [0.05, 0.1) is 5.56 Å². The maximum Gasteiger partial charge on any atom is 0.341 e. The molecule has 1 aliphatic heterocycles. The van der Waals surface area contributed by atoms with Gasteiger partial charge >= 0.3 is 5.97 Å². The number of carbonyl (C=O) groups is 1. The second-order valence-electron chi connectivity index (χ2n) is 3.95. The van der Waals surface area contributed by atoms with E-state index >= 15 is 0 Å². The molecule has 0 N–H and O–H groups in total. The molecule has 5 heteroatoms. The molecule has 0 aromatic carbocycles. The summed E-state index contributed by atoms with van der Waals surface area (Å²) >= 11 is 1.39. The molecule has 2 aromatic rings. The summed E-state index contributed by atoms with van der Waals surface area (Å²) in [5.41, 5.74) is 2.37. The Labute approximate surface area is 108 Å². The van der Waals surface area contributed by atoms with Gasteiger partial charge in [-0.15, -0.1) is 0 Å². The molecule has 0 radical (unpaired) electrons. The number of nitrogens with zero attached hydrogens (tertiary/aromatic N) is 2. The first-order valence-corrected chi connectivity index (χ1v) is 6.32. The SMILES string of the molecule is Cc1cc2c(c(Sc3ccccn3)n1)C(=O)OC2. The van der Waals surface area contributed by atoms with E-state index in [1.165, 1.54) is 11.8 Å². The first kappa shape index (κ1) is 11.2. The van der Waals surface area contributed by atoms with Gasteiger partial charge in [0.25, 0.3) is 0 Å². The minimum absolute atomic E-state index is 0.295. The summed E-state index contributed by atoms with van der Waals surface area (Å²) in [6.45, 7) is 2.25. The summed E-state index contributed by atoms with van der Waals surface area (Å²) in [7, 11) is 0. The van der Waals surface area contributed by atoms with Crippen LogP contribution in [0.25, 0.3) is 0 Å². The van der Waals surface area contributed by atoms with Crippen molar-refractivity contribution in [1.82, 2.24) is 9.97 Å². The third kappa shape index (κ3) is 1.97. The van der Waals surface area contributed by atoms with E-state index in [9.17, 15) is 4.79 Å². The maximum atomic E-state index is 11.7. The Morgan fingerprint density at radius 2 is 2.28 bits per heavy atom. The second kappa shape index (κ2) is 4.42. The number of pyridine rings is 2. The second-order valence-corrected chi connectivity index (χ2v) is 4.96. The van der Waals surface area contributed by atoms with E-state index in [1.54, 1.807) is 6.20 Å². The molecule has 0 atom stereocenters. The number of hydrogen-bond donors (Lipinski definition) is 0. The van der Waals surface area contributed by atoms with Gasteiger partial charge < -0.3 is 4.74 Å². The van der Waals surface area contributed by atoms with Crippen molar-refractivity contribution in [3.8, 4) is 0 Å². The van der Waals surface area contributed by atoms with E-state index < -0.39 is 0 Å². The predicted molar refractivity (Wildman–Crippen MR) is 66.5 cm³/mol. The molecule has 3 rings (SSSR count). The van der Waals surface area contributed by atoms with Gasteiger partial charge in [-0.25, -0.2) is 14.8 Å². The number of esters is 1. The molecule has 4 nitrogen and oxygen atoms in total. The summed E-state index contributed by atoms with van der Waals surface area (Å²) in [6, 6.07) is 7.54. The molecule has 90 valence electrons. The van der Waals surface area contributed by atoms with Crippen LogP contribution in [-0.2, 0) is 11.3 Å². The molecule has 0 bridgehead atoms. The van der Waals surface area contributed by atoms with Gasteiger partial charge in [0.1, 0.15) is 16.7 Å². The average Bonchev–Trinajstić information content (AvgIpc) is 2.72. The van der Waals surface area contributed by atoms with Gasteiger partial charge in [-0.1, -0.05) is 6.07 Å². The van der Waals surface area contributed by atoms with Crippen molar-refractivity contribution >= 4 is 17.7 Å². The summed E-state index contributed by atoms with van der Waals surface area (Å²) in [4.78, 5) is 20.3. The Balaban J connectivity index is 2.05. The van der Waals surface area contributed by atoms with E-state index in [-0.39, 0.29) is 5.97 Å². The number of cyclic esters (lactones) is 1. The van der Waals surface area contributed by atoms with Gasteiger partial charge in [0.2, 0.25) is 0 Å². The zero-order valence-corrected chi connectivity index (χ0v) is 10.5. The van der Waals surface area contributed by atoms with Crippen molar-refractivity contribution in [1.29, 1.82) is 0 Å². The van der Waals surface area contributed by atoms with Gasteiger partial charge in [-0.2, -0.15) is 0 Å². The van der Waals surface area contributed by atoms with Crippen molar-refractivity contribution in [2.45, 2.75) is 23.6 Å². The average molecular weight is 258 g/mol. The molecule has 0 saturated heterocycles. The smallest absolute Gasteiger partial charge is 0.341 e. The molecule has 3 heterocycles. The van der Waals surface area contributed by atoms with Crippen LogP contribution < -0.4 is 0 Å². The Morgan fingerprint density at radius 1 is 1.39 bits per heavy atom. The third-order valence-electron chi connectivity index (χ3n) is 2.60. The Bertz CT molecular complexity index is 614. The quantitative estimate of drug-likeness (QED) is 0.775. The minimum atomic E-state index is -0.295. The van der Waals surface area contributed by atoms with Crippen molar-refractivity contribution in [3.63, 3.8) is 0 Å². The molecular weight excluding hydrogens is 248 g/mol. The first-order valence-electron chi connectivity index (χ1n) is 5.50. The van der Waals surface area contributed by atoms with E-state index in [0.717, 1.165) is 16.3 Å². The lowest BCUT2D eigenvalue weighted by atomic mass is 10.1. The molecule has 0 amide bonds. The number of aryl methyl sites for hydroxylation is 1. The van der Waals surface area contributed by atoms with Gasteiger partial charge in [-0.05, 0) is 36.9 Å². The Morgan fingerprint density at radius 3 is 3.06 bits per heavy atom. The third-order valence-corrected chi connectivity index (χ3v) is 3.54. The lowest BCUT2D eigenvalue weighted by Crippen LogP contribution is -2.00. The number of carbonyl (C=O) groups excluding carboxylic acids is 1. The monoisotopic (exact) mass is 258 g/mol. The minimum Gasteiger partial charge on any atom is -0.457 e. The van der Waals surface area contributed by atoms with E-state index in [0.29, 0.717) is 17.2 Å². The van der Waals surface area contributed by atoms with Crippen molar-refractivity contribution in [3.05, 3.63) is 47.3 Å². The van der Waals surface area contributed by atoms with Gasteiger partial charge in [0.15, 0.2) is 0 Å². The lowest BCUT2D eigenvalue weighted by molar-refractivity contribution is 0.0532. The van der Waals surface area contributed by atoms with Crippen LogP contribution in [0.15, 0.2) is 40.5 Å². The van der Waals surface area contributed by atoms with Crippen LogP contribution in [0, 0.1) is 6.92 Å². The molecule has 18 heavy (non-hydrogen) atoms. The Kier molecular flexibility index (Phi) is 2.76. The number of aromatic nitrogens is 2. The van der Waals surface area contributed by atoms with Crippen LogP contribution in [0.5, 0.6) is 0 Å². The largest absolute Gasteiger partial charge is 0.457 e. The van der Waals surface area contributed by atoms with Gasteiger partial charge in [0, 0.05) is 17.5 Å². The molecule has 2 aromatic heterocycles. The highest BCUT2D eigenvalue weighted by Gasteiger charge is 2.26. The molecule has 1 aliphatic rings. The van der Waals surface area contributed by atoms with E-state index in [1.807, 2.05) is 31.2 Å². The summed E-state index contributed by atoms with van der Waals surface area (Å²) < 4.78 is 5.04. The standard InChI is InChI=1S/C13H10N2O2S/c1-8-6-9-7-17-13(16)11(9)12(15-8)18-10-4-2-3-5-14-10/h2-6H,7H2,1H3. The summed E-state index contributed by atoms with van der Waals surface area (Å²) in [5, 5.41) is 1.49. The maximum absolute atomic E-state index is 11.7. The predicted octanol–water partition coefficient (Wildman–Crippen LogP) is 2.61. The lowest BCUT2D eigenvalue weighted by Gasteiger charge is -2.05. The fourth-order valence-electron chi connectivity index (χ4n) is 1.84. The first-order chi connectivity index (χ1) is 8.74. The molecular formula is C13H10N2O2S. The van der Waals surface area contributed by atoms with Crippen LogP contribution in [0.3, 0.4) is 0 Å². The highest BCUT2D eigenvalue weighted by molar-refractivity contribution is 7.99. The molecule has 0 aliphatic carbocycles. The number of fused-ring (bicyclic) bond motifs is 1. The number of ether oxygens (including phenoxy) is 1. The zero-order chi connectivity index (χ0) is 12.5. The van der Waals surface area contributed by atoms with E-state index in [4.69, 9.17) is 4.74 Å². The summed E-state index contributed by atoms with van der Waals surface area (Å²) in [5.74, 6) is -0.295. The molecule has 0 unspecified atom stereocenters. The fraction of sp³-hybridized carbons (Fsp3) is 0.154. The molecule has 0 spiro atoms. The van der Waals surface area contributed by atoms with Crippen LogP contribution >= 0.6 is 11.8 Å². The van der Waals surface area contributed by atoms with Crippen molar-refractivity contribution < 1.29 is 9.53 Å². The number of rotatable bonds is 2. The topological polar surface area (TPSA) is 52.1 Å². The summed E-state index contributed by atoms with van der Waals surface area (Å²) in [6.07, 6.45) is 1.72. The highest BCUT2D eigenvalue weighted by Crippen LogP contribution is 2.33. The highest BCUT2D eigenvalue weighted by atomic mass is 32.2. The normalized spacial score (nSPS) is 13.3. The van der Waals surface area contributed by atoms with Crippen molar-refractivity contribution in [2.24, 2.45) is 0 Å². The van der Waals surface area contributed by atoms with Crippen molar-refractivity contribution in [2.75, 3.05) is 0 Å². The Hall–Kier alpha value is -1.88. The fourth-order valence-corrected chi connectivity index (χ4v) is 2.80. The molecule has 0 saturated carbocycles. The van der Waals surface area contributed by atoms with Crippen LogP contribution in [0.2, 0.25) is 0 Å².